The third-order valence-electron chi connectivity index (χ3n) is 1.47. The highest BCUT2D eigenvalue weighted by atomic mass is 32.2. The van der Waals surface area contributed by atoms with Gasteiger partial charge in [-0.25, -0.2) is 0 Å². The smallest absolute Gasteiger partial charge is 0.311 e. The van der Waals surface area contributed by atoms with E-state index in [1.54, 1.807) is 20.8 Å². The first-order chi connectivity index (χ1) is 7.13. The molecule has 5 nitrogen and oxygen atoms in total. The first-order valence-corrected chi connectivity index (χ1v) is 6.61. The lowest BCUT2D eigenvalue weighted by Gasteiger charge is -2.15. The zero-order valence-electron chi connectivity index (χ0n) is 10.0. The van der Waals surface area contributed by atoms with Gasteiger partial charge in [0, 0.05) is 0 Å². The summed E-state index contributed by atoms with van der Waals surface area (Å²) in [5.41, 5.74) is -0.531. The normalized spacial score (nSPS) is 13.0. The van der Waals surface area contributed by atoms with Gasteiger partial charge in [-0.15, -0.1) is 0 Å². The maximum atomic E-state index is 11.3. The van der Waals surface area contributed by atoms with Crippen molar-refractivity contribution in [3.8, 4) is 0 Å². The molecule has 0 aromatic carbocycles. The number of hydrogen-bond donors (Lipinski definition) is 0. The average molecular weight is 250 g/mol. The fourth-order valence-corrected chi connectivity index (χ4v) is 0.965. The lowest BCUT2D eigenvalue weighted by Crippen LogP contribution is -2.22. The molecule has 0 bridgehead atoms. The Kier molecular flexibility index (Phi) is 5.67. The quantitative estimate of drug-likeness (QED) is 0.415. The molecule has 16 heavy (non-hydrogen) atoms. The molecule has 0 spiro atoms. The molecule has 0 aromatic heterocycles. The summed E-state index contributed by atoms with van der Waals surface area (Å²) in [6.07, 6.45) is 3.99. The highest BCUT2D eigenvalue weighted by molar-refractivity contribution is 7.85. The summed E-state index contributed by atoms with van der Waals surface area (Å²) >= 11 is 0. The van der Waals surface area contributed by atoms with Crippen molar-refractivity contribution in [3.05, 3.63) is 12.2 Å². The Bertz CT molecular complexity index is 348. The van der Waals surface area contributed by atoms with E-state index in [4.69, 9.17) is 4.74 Å². The predicted molar refractivity (Wildman–Crippen MR) is 60.3 cm³/mol. The Morgan fingerprint density at radius 3 is 2.12 bits per heavy atom. The van der Waals surface area contributed by atoms with Crippen LogP contribution in [0.5, 0.6) is 0 Å². The minimum absolute atomic E-state index is 0.0497. The van der Waals surface area contributed by atoms with Crippen molar-refractivity contribution in [3.63, 3.8) is 0 Å². The third kappa shape index (κ3) is 8.43. The van der Waals surface area contributed by atoms with Gasteiger partial charge < -0.3 is 4.74 Å². The Hall–Kier alpha value is -0.880. The molecule has 0 heterocycles. The van der Waals surface area contributed by atoms with Crippen LogP contribution in [0, 0.1) is 5.41 Å². The average Bonchev–Trinajstić information content (AvgIpc) is 2.07. The lowest BCUT2D eigenvalue weighted by molar-refractivity contribution is -0.151. The van der Waals surface area contributed by atoms with Crippen molar-refractivity contribution >= 4 is 16.1 Å². The van der Waals surface area contributed by atoms with Gasteiger partial charge in [0.1, 0.15) is 6.61 Å². The molecule has 0 rings (SSSR count). The van der Waals surface area contributed by atoms with Gasteiger partial charge in [-0.1, -0.05) is 6.08 Å². The van der Waals surface area contributed by atoms with E-state index < -0.39 is 15.5 Å². The largest absolute Gasteiger partial charge is 0.461 e. The monoisotopic (exact) mass is 250 g/mol. The van der Waals surface area contributed by atoms with Gasteiger partial charge >= 0.3 is 5.97 Å². The highest BCUT2D eigenvalue weighted by Gasteiger charge is 2.22. The molecule has 0 aliphatic carbocycles. The van der Waals surface area contributed by atoms with Crippen LogP contribution in [0.15, 0.2) is 12.2 Å². The molecule has 0 atom stereocenters. The number of carbonyl (C=O) groups excluding carboxylic acids is 1. The minimum atomic E-state index is -3.41. The van der Waals surface area contributed by atoms with E-state index >= 15 is 0 Å². The molecule has 6 heteroatoms. The van der Waals surface area contributed by atoms with Gasteiger partial charge in [0.25, 0.3) is 10.1 Å². The maximum absolute atomic E-state index is 11.3. The zero-order valence-corrected chi connectivity index (χ0v) is 10.8. The molecule has 0 unspecified atom stereocenters. The van der Waals surface area contributed by atoms with E-state index in [9.17, 15) is 13.2 Å². The second-order valence-corrected chi connectivity index (χ2v) is 5.95. The summed E-state index contributed by atoms with van der Waals surface area (Å²) in [7, 11) is -3.41. The first-order valence-electron chi connectivity index (χ1n) is 4.79. The van der Waals surface area contributed by atoms with Crippen LogP contribution in [0.2, 0.25) is 0 Å². The molecule has 0 aliphatic rings. The molecule has 0 fully saturated rings. The van der Waals surface area contributed by atoms with Gasteiger partial charge in [-0.05, 0) is 26.8 Å². The fourth-order valence-electron chi connectivity index (χ4n) is 0.639. The fraction of sp³-hybridized carbons (Fsp3) is 0.700. The van der Waals surface area contributed by atoms with Crippen LogP contribution in [0.4, 0.5) is 0 Å². The van der Waals surface area contributed by atoms with Crippen LogP contribution in [0.1, 0.15) is 20.8 Å². The van der Waals surface area contributed by atoms with Crippen LogP contribution >= 0.6 is 0 Å². The van der Waals surface area contributed by atoms with Crippen molar-refractivity contribution in [2.75, 3.05) is 19.5 Å². The van der Waals surface area contributed by atoms with E-state index in [2.05, 4.69) is 4.18 Å². The molecule has 0 aromatic rings. The van der Waals surface area contributed by atoms with E-state index in [1.807, 2.05) is 0 Å². The van der Waals surface area contributed by atoms with Crippen LogP contribution < -0.4 is 0 Å². The molecule has 0 amide bonds. The second kappa shape index (κ2) is 6.00. The van der Waals surface area contributed by atoms with Gasteiger partial charge in [-0.3, -0.25) is 8.98 Å². The first kappa shape index (κ1) is 15.1. The Labute approximate surface area is 96.6 Å². The van der Waals surface area contributed by atoms with Crippen LogP contribution in [0.25, 0.3) is 0 Å². The van der Waals surface area contributed by atoms with Crippen molar-refractivity contribution in [1.29, 1.82) is 0 Å². The zero-order chi connectivity index (χ0) is 12.8. The molecule has 94 valence electrons. The molecular weight excluding hydrogens is 232 g/mol. The topological polar surface area (TPSA) is 69.7 Å². The van der Waals surface area contributed by atoms with Crippen molar-refractivity contribution < 1.29 is 22.1 Å². The minimum Gasteiger partial charge on any atom is -0.461 e. The predicted octanol–water partition coefficient (Wildman–Crippen LogP) is 1.11. The summed E-state index contributed by atoms with van der Waals surface area (Å²) in [6, 6.07) is 0. The molecule has 0 radical (unpaired) electrons. The molecule has 0 saturated carbocycles. The van der Waals surface area contributed by atoms with Crippen LogP contribution in [0.3, 0.4) is 0 Å². The molecule has 0 saturated heterocycles. The summed E-state index contributed by atoms with van der Waals surface area (Å²) in [5.74, 6) is -0.304. The van der Waals surface area contributed by atoms with Crippen LogP contribution in [-0.2, 0) is 23.8 Å². The van der Waals surface area contributed by atoms with Gasteiger partial charge in [0.15, 0.2) is 0 Å². The second-order valence-electron chi connectivity index (χ2n) is 4.31. The molecule has 0 aliphatic heterocycles. The SMILES string of the molecule is CC(C)(C)C(=O)OC/C=C\COS(C)(=O)=O. The number of carbonyl (C=O) groups is 1. The molecular formula is C10H18O5S. The summed E-state index contributed by atoms with van der Waals surface area (Å²) in [4.78, 5) is 11.3. The van der Waals surface area contributed by atoms with Gasteiger partial charge in [0.2, 0.25) is 0 Å². The number of hydrogen-bond acceptors (Lipinski definition) is 5. The van der Waals surface area contributed by atoms with Crippen molar-refractivity contribution in [2.24, 2.45) is 5.41 Å². The van der Waals surface area contributed by atoms with E-state index in [0.29, 0.717) is 0 Å². The summed E-state index contributed by atoms with van der Waals surface area (Å²) in [6.45, 7) is 5.33. The third-order valence-corrected chi connectivity index (χ3v) is 2.03. The lowest BCUT2D eigenvalue weighted by atomic mass is 9.97. The maximum Gasteiger partial charge on any atom is 0.311 e. The number of rotatable bonds is 5. The Morgan fingerprint density at radius 2 is 1.69 bits per heavy atom. The number of esters is 1. The Balaban J connectivity index is 3.76. The summed E-state index contributed by atoms with van der Waals surface area (Å²) in [5, 5.41) is 0. The van der Waals surface area contributed by atoms with Crippen molar-refractivity contribution in [1.82, 2.24) is 0 Å². The van der Waals surface area contributed by atoms with E-state index in [-0.39, 0.29) is 19.2 Å². The number of ether oxygens (including phenoxy) is 1. The Morgan fingerprint density at radius 1 is 1.19 bits per heavy atom. The van der Waals surface area contributed by atoms with Crippen molar-refractivity contribution in [2.45, 2.75) is 20.8 Å². The van der Waals surface area contributed by atoms with Gasteiger partial charge in [-0.2, -0.15) is 8.42 Å². The summed E-state index contributed by atoms with van der Waals surface area (Å²) < 4.78 is 30.5. The van der Waals surface area contributed by atoms with Gasteiger partial charge in [0.05, 0.1) is 18.3 Å². The highest BCUT2D eigenvalue weighted by Crippen LogP contribution is 2.14. The van der Waals surface area contributed by atoms with E-state index in [0.717, 1.165) is 6.26 Å². The van der Waals surface area contributed by atoms with Crippen LogP contribution in [-0.4, -0.2) is 33.9 Å². The molecule has 0 N–H and O–H groups in total. The van der Waals surface area contributed by atoms with E-state index in [1.165, 1.54) is 12.2 Å². The standard InChI is InChI=1S/C10H18O5S/c1-10(2,3)9(11)14-7-5-6-8-15-16(4,12)13/h5-6H,7-8H2,1-4H3/b6-5-.